The van der Waals surface area contributed by atoms with Crippen LogP contribution in [-0.2, 0) is 4.84 Å². The molecule has 3 nitrogen and oxygen atoms in total. The van der Waals surface area contributed by atoms with E-state index in [4.69, 9.17) is 10.6 Å². The third kappa shape index (κ3) is 7.43. The van der Waals surface area contributed by atoms with Crippen LogP contribution < -0.4 is 5.73 Å². The van der Waals surface area contributed by atoms with Gasteiger partial charge in [0, 0.05) is 6.54 Å². The second-order valence-corrected chi connectivity index (χ2v) is 2.73. The van der Waals surface area contributed by atoms with Gasteiger partial charge in [-0.1, -0.05) is 5.16 Å². The summed E-state index contributed by atoms with van der Waals surface area (Å²) in [7, 11) is 0. The largest absolute Gasteiger partial charge is 0.390 e. The third-order valence-corrected chi connectivity index (χ3v) is 0.507. The average Bonchev–Trinajstić information content (AvgIpc) is 1.63. The number of hydrogen-bond acceptors (Lipinski definition) is 3. The van der Waals surface area contributed by atoms with Gasteiger partial charge >= 0.3 is 0 Å². The first kappa shape index (κ1) is 8.43. The molecule has 0 aromatic rings. The van der Waals surface area contributed by atoms with Gasteiger partial charge in [-0.25, -0.2) is 0 Å². The fourth-order valence-corrected chi connectivity index (χ4v) is 0.238. The molecular weight excluding hydrogens is 116 g/mol. The van der Waals surface area contributed by atoms with Crippen LogP contribution in [0.1, 0.15) is 20.8 Å². The summed E-state index contributed by atoms with van der Waals surface area (Å²) in [6.07, 6.45) is 1.53. The van der Waals surface area contributed by atoms with Gasteiger partial charge in [0.1, 0.15) is 5.60 Å². The zero-order chi connectivity index (χ0) is 7.33. The lowest BCUT2D eigenvalue weighted by molar-refractivity contribution is 0.00173. The Morgan fingerprint density at radius 1 is 1.56 bits per heavy atom. The average molecular weight is 130 g/mol. The Balaban J connectivity index is 3.38. The van der Waals surface area contributed by atoms with E-state index >= 15 is 0 Å². The molecule has 0 radical (unpaired) electrons. The van der Waals surface area contributed by atoms with Gasteiger partial charge in [0.25, 0.3) is 0 Å². The molecule has 9 heavy (non-hydrogen) atoms. The zero-order valence-corrected chi connectivity index (χ0v) is 6.22. The molecule has 0 heterocycles. The van der Waals surface area contributed by atoms with Gasteiger partial charge < -0.3 is 10.6 Å². The summed E-state index contributed by atoms with van der Waals surface area (Å²) >= 11 is 0. The maximum absolute atomic E-state index is 5.13. The fraction of sp³-hybridized carbons (Fsp3) is 0.833. The maximum atomic E-state index is 5.13. The standard InChI is InChI=1S/C6H14N2O/c1-6(2,3)9-8-5-4-7/h5H,4,7H2,1-3H3/b8-5+. The Morgan fingerprint density at radius 2 is 2.11 bits per heavy atom. The molecule has 0 saturated heterocycles. The molecule has 0 aliphatic heterocycles. The van der Waals surface area contributed by atoms with Gasteiger partial charge in [-0.05, 0) is 20.8 Å². The molecule has 0 bridgehead atoms. The lowest BCUT2D eigenvalue weighted by Gasteiger charge is -2.14. The summed E-state index contributed by atoms with van der Waals surface area (Å²) in [4.78, 5) is 4.96. The second kappa shape index (κ2) is 3.45. The van der Waals surface area contributed by atoms with Crippen LogP contribution in [0.15, 0.2) is 5.16 Å². The van der Waals surface area contributed by atoms with Crippen molar-refractivity contribution in [3.63, 3.8) is 0 Å². The molecule has 0 spiro atoms. The van der Waals surface area contributed by atoms with Crippen LogP contribution in [0.25, 0.3) is 0 Å². The SMILES string of the molecule is CC(C)(C)O/N=C/CN. The van der Waals surface area contributed by atoms with E-state index in [-0.39, 0.29) is 5.60 Å². The van der Waals surface area contributed by atoms with E-state index in [1.54, 1.807) is 0 Å². The van der Waals surface area contributed by atoms with E-state index < -0.39 is 0 Å². The number of nitrogens with two attached hydrogens (primary N) is 1. The van der Waals surface area contributed by atoms with Crippen LogP contribution in [-0.4, -0.2) is 18.4 Å². The number of hydrogen-bond donors (Lipinski definition) is 1. The lowest BCUT2D eigenvalue weighted by Crippen LogP contribution is -2.16. The normalized spacial score (nSPS) is 12.4. The van der Waals surface area contributed by atoms with Crippen molar-refractivity contribution < 1.29 is 4.84 Å². The van der Waals surface area contributed by atoms with Gasteiger partial charge in [-0.15, -0.1) is 0 Å². The van der Waals surface area contributed by atoms with E-state index in [0.29, 0.717) is 6.54 Å². The highest BCUT2D eigenvalue weighted by molar-refractivity contribution is 5.58. The molecular formula is C6H14N2O. The van der Waals surface area contributed by atoms with E-state index in [2.05, 4.69) is 5.16 Å². The summed E-state index contributed by atoms with van der Waals surface area (Å²) in [6.45, 7) is 6.22. The van der Waals surface area contributed by atoms with Crippen molar-refractivity contribution in [3.8, 4) is 0 Å². The molecule has 0 unspecified atom stereocenters. The smallest absolute Gasteiger partial charge is 0.129 e. The predicted molar refractivity (Wildman–Crippen MR) is 38.4 cm³/mol. The summed E-state index contributed by atoms with van der Waals surface area (Å²) in [5.74, 6) is 0. The van der Waals surface area contributed by atoms with Crippen LogP contribution in [0, 0.1) is 0 Å². The quantitative estimate of drug-likeness (QED) is 0.443. The predicted octanol–water partition coefficient (Wildman–Crippen LogP) is 0.746. The van der Waals surface area contributed by atoms with Crippen LogP contribution in [0.5, 0.6) is 0 Å². The first-order chi connectivity index (χ1) is 4.06. The minimum Gasteiger partial charge on any atom is -0.390 e. The monoisotopic (exact) mass is 130 g/mol. The molecule has 3 heteroatoms. The van der Waals surface area contributed by atoms with Crippen molar-refractivity contribution in [3.05, 3.63) is 0 Å². The number of oxime groups is 1. The summed E-state index contributed by atoms with van der Waals surface area (Å²) in [5, 5.41) is 3.61. The van der Waals surface area contributed by atoms with Gasteiger partial charge in [-0.2, -0.15) is 0 Å². The molecule has 54 valence electrons. The minimum absolute atomic E-state index is 0.203. The summed E-state index contributed by atoms with van der Waals surface area (Å²) in [5.41, 5.74) is 4.93. The van der Waals surface area contributed by atoms with Crippen LogP contribution in [0.2, 0.25) is 0 Å². The van der Waals surface area contributed by atoms with Crippen molar-refractivity contribution in [1.82, 2.24) is 0 Å². The highest BCUT2D eigenvalue weighted by atomic mass is 16.6. The van der Waals surface area contributed by atoms with Crippen molar-refractivity contribution in [2.75, 3.05) is 6.54 Å². The van der Waals surface area contributed by atoms with Gasteiger partial charge in [0.15, 0.2) is 0 Å². The first-order valence-electron chi connectivity index (χ1n) is 2.96. The van der Waals surface area contributed by atoms with E-state index in [1.165, 1.54) is 6.21 Å². The van der Waals surface area contributed by atoms with Crippen LogP contribution in [0.3, 0.4) is 0 Å². The fourth-order valence-electron chi connectivity index (χ4n) is 0.238. The highest BCUT2D eigenvalue weighted by Gasteiger charge is 2.08. The Bertz CT molecular complexity index is 93.7. The summed E-state index contributed by atoms with van der Waals surface area (Å²) < 4.78 is 0. The Kier molecular flexibility index (Phi) is 3.24. The number of nitrogens with zero attached hydrogens (tertiary/aromatic N) is 1. The van der Waals surface area contributed by atoms with E-state index in [9.17, 15) is 0 Å². The molecule has 0 aromatic heterocycles. The van der Waals surface area contributed by atoms with Gasteiger partial charge in [0.05, 0.1) is 6.21 Å². The second-order valence-electron chi connectivity index (χ2n) is 2.73. The zero-order valence-electron chi connectivity index (χ0n) is 6.22. The first-order valence-corrected chi connectivity index (χ1v) is 2.96. The molecule has 0 amide bonds. The maximum Gasteiger partial charge on any atom is 0.129 e. The van der Waals surface area contributed by atoms with Gasteiger partial charge in [0.2, 0.25) is 0 Å². The van der Waals surface area contributed by atoms with Crippen LogP contribution in [0.4, 0.5) is 0 Å². The topological polar surface area (TPSA) is 47.6 Å². The van der Waals surface area contributed by atoms with Crippen LogP contribution >= 0.6 is 0 Å². The number of rotatable bonds is 2. The molecule has 0 aliphatic carbocycles. The van der Waals surface area contributed by atoms with Crippen molar-refractivity contribution in [1.29, 1.82) is 0 Å². The highest BCUT2D eigenvalue weighted by Crippen LogP contribution is 2.05. The molecule has 0 rings (SSSR count). The lowest BCUT2D eigenvalue weighted by atomic mass is 10.2. The van der Waals surface area contributed by atoms with Crippen molar-refractivity contribution >= 4 is 6.21 Å². The third-order valence-electron chi connectivity index (χ3n) is 0.507. The molecule has 0 atom stereocenters. The molecule has 0 fully saturated rings. The Morgan fingerprint density at radius 3 is 2.44 bits per heavy atom. The van der Waals surface area contributed by atoms with E-state index in [0.717, 1.165) is 0 Å². The Hall–Kier alpha value is -0.570. The van der Waals surface area contributed by atoms with Crippen molar-refractivity contribution in [2.45, 2.75) is 26.4 Å². The van der Waals surface area contributed by atoms with Crippen molar-refractivity contribution in [2.24, 2.45) is 10.9 Å². The summed E-state index contributed by atoms with van der Waals surface area (Å²) in [6, 6.07) is 0. The molecule has 0 aromatic carbocycles. The van der Waals surface area contributed by atoms with E-state index in [1.807, 2.05) is 20.8 Å². The van der Waals surface area contributed by atoms with Gasteiger partial charge in [-0.3, -0.25) is 0 Å². The molecule has 0 aliphatic rings. The molecule has 2 N–H and O–H groups in total. The molecule has 0 saturated carbocycles. The Labute approximate surface area is 55.9 Å². The minimum atomic E-state index is -0.203.